The third-order valence-electron chi connectivity index (χ3n) is 4.66. The summed E-state index contributed by atoms with van der Waals surface area (Å²) in [7, 11) is 0. The molecule has 1 heterocycles. The van der Waals surface area contributed by atoms with E-state index in [0.29, 0.717) is 51.7 Å². The Balaban J connectivity index is 1.98. The summed E-state index contributed by atoms with van der Waals surface area (Å²) in [6.07, 6.45) is 1.06. The first-order valence-corrected chi connectivity index (χ1v) is 10.4. The van der Waals surface area contributed by atoms with Gasteiger partial charge < -0.3 is 20.1 Å². The van der Waals surface area contributed by atoms with E-state index >= 15 is 0 Å². The van der Waals surface area contributed by atoms with Crippen LogP contribution in [0.4, 0.5) is 4.39 Å². The molecule has 1 aromatic rings. The second-order valence-electron chi connectivity index (χ2n) is 6.77. The molecule has 0 radical (unpaired) electrons. The highest BCUT2D eigenvalue weighted by molar-refractivity contribution is 5.79. The number of hydrogen-bond acceptors (Lipinski definition) is 5. The fourth-order valence-electron chi connectivity index (χ4n) is 3.20. The van der Waals surface area contributed by atoms with E-state index in [-0.39, 0.29) is 17.8 Å². The van der Waals surface area contributed by atoms with Crippen LogP contribution in [0, 0.1) is 5.82 Å². The summed E-state index contributed by atoms with van der Waals surface area (Å²) >= 11 is 0. The Labute approximate surface area is 172 Å². The van der Waals surface area contributed by atoms with E-state index in [4.69, 9.17) is 14.5 Å². The monoisotopic (exact) mass is 408 g/mol. The summed E-state index contributed by atoms with van der Waals surface area (Å²) in [4.78, 5) is 18.5. The van der Waals surface area contributed by atoms with E-state index in [1.165, 1.54) is 12.1 Å². The number of benzene rings is 1. The van der Waals surface area contributed by atoms with Crippen molar-refractivity contribution in [1.29, 1.82) is 0 Å². The number of nitrogens with zero attached hydrogens (tertiary/aromatic N) is 2. The molecule has 8 heteroatoms. The summed E-state index contributed by atoms with van der Waals surface area (Å²) in [5, 5.41) is 6.50. The predicted octanol–water partition coefficient (Wildman–Crippen LogP) is 2.10. The normalized spacial score (nSPS) is 16.3. The molecule has 2 N–H and O–H groups in total. The molecule has 0 aliphatic carbocycles. The summed E-state index contributed by atoms with van der Waals surface area (Å²) in [5.41, 5.74) is 1.04. The lowest BCUT2D eigenvalue weighted by Crippen LogP contribution is -2.42. The second kappa shape index (κ2) is 13.1. The van der Waals surface area contributed by atoms with Crippen molar-refractivity contribution < 1.29 is 18.7 Å². The van der Waals surface area contributed by atoms with E-state index in [0.717, 1.165) is 25.2 Å². The van der Waals surface area contributed by atoms with Gasteiger partial charge in [-0.25, -0.2) is 4.39 Å². The number of morpholine rings is 1. The van der Waals surface area contributed by atoms with Crippen molar-refractivity contribution in [3.63, 3.8) is 0 Å². The van der Waals surface area contributed by atoms with E-state index in [1.807, 2.05) is 19.1 Å². The molecule has 29 heavy (non-hydrogen) atoms. The number of carbonyl (C=O) groups is 1. The Morgan fingerprint density at radius 2 is 1.97 bits per heavy atom. The number of guanidine groups is 1. The Kier molecular flexibility index (Phi) is 10.4. The van der Waals surface area contributed by atoms with Crippen molar-refractivity contribution in [2.45, 2.75) is 32.7 Å². The van der Waals surface area contributed by atoms with Gasteiger partial charge in [0.05, 0.1) is 32.4 Å². The molecule has 2 rings (SSSR count). The predicted molar refractivity (Wildman–Crippen MR) is 111 cm³/mol. The van der Waals surface area contributed by atoms with E-state index in [2.05, 4.69) is 15.5 Å². The van der Waals surface area contributed by atoms with E-state index in [1.54, 1.807) is 6.92 Å². The lowest BCUT2D eigenvalue weighted by Gasteiger charge is -2.34. The zero-order valence-electron chi connectivity index (χ0n) is 17.5. The molecule has 1 fully saturated rings. The van der Waals surface area contributed by atoms with Crippen LogP contribution in [0.25, 0.3) is 0 Å². The highest BCUT2D eigenvalue weighted by Gasteiger charge is 2.22. The van der Waals surface area contributed by atoms with Crippen molar-refractivity contribution in [1.82, 2.24) is 15.5 Å². The Bertz CT molecular complexity index is 633. The van der Waals surface area contributed by atoms with Crippen molar-refractivity contribution >= 4 is 11.9 Å². The molecule has 0 spiro atoms. The van der Waals surface area contributed by atoms with Gasteiger partial charge in [0.2, 0.25) is 0 Å². The maximum atomic E-state index is 13.4. The van der Waals surface area contributed by atoms with E-state index < -0.39 is 0 Å². The summed E-state index contributed by atoms with van der Waals surface area (Å²) in [6.45, 7) is 9.14. The van der Waals surface area contributed by atoms with Gasteiger partial charge in [0.25, 0.3) is 0 Å². The average Bonchev–Trinajstić information content (AvgIpc) is 2.73. The minimum atomic E-state index is -0.241. The molecule has 7 nitrogen and oxygen atoms in total. The number of hydrogen-bond donors (Lipinski definition) is 2. The molecule has 1 saturated heterocycles. The first-order valence-electron chi connectivity index (χ1n) is 10.4. The van der Waals surface area contributed by atoms with Crippen LogP contribution in [0.1, 0.15) is 38.3 Å². The third-order valence-corrected chi connectivity index (χ3v) is 4.66. The molecule has 0 bridgehead atoms. The van der Waals surface area contributed by atoms with Crippen LogP contribution in [0.2, 0.25) is 0 Å². The standard InChI is InChI=1S/C21H33FN4O3/c1-3-23-21(24-11-5-6-20(27)29-4-2)25-16-19(26-12-14-28-15-13-26)17-7-9-18(22)10-8-17/h7-10,19H,3-6,11-16H2,1-2H3,(H2,23,24,25). The highest BCUT2D eigenvalue weighted by atomic mass is 19.1. The zero-order valence-corrected chi connectivity index (χ0v) is 17.5. The molecule has 0 amide bonds. The first kappa shape index (κ1) is 23.1. The van der Waals surface area contributed by atoms with Crippen LogP contribution >= 0.6 is 0 Å². The topological polar surface area (TPSA) is 75.2 Å². The smallest absolute Gasteiger partial charge is 0.305 e. The summed E-state index contributed by atoms with van der Waals surface area (Å²) in [6, 6.07) is 6.68. The van der Waals surface area contributed by atoms with Gasteiger partial charge in [0.15, 0.2) is 5.96 Å². The lowest BCUT2D eigenvalue weighted by molar-refractivity contribution is -0.143. The Morgan fingerprint density at radius 1 is 1.24 bits per heavy atom. The van der Waals surface area contributed by atoms with Crippen molar-refractivity contribution in [3.8, 4) is 0 Å². The second-order valence-corrected chi connectivity index (χ2v) is 6.77. The molecule has 1 aliphatic heterocycles. The van der Waals surface area contributed by atoms with Crippen molar-refractivity contribution in [2.24, 2.45) is 4.99 Å². The van der Waals surface area contributed by atoms with Gasteiger partial charge in [0.1, 0.15) is 5.82 Å². The average molecular weight is 409 g/mol. The van der Waals surface area contributed by atoms with Crippen molar-refractivity contribution in [3.05, 3.63) is 35.6 Å². The van der Waals surface area contributed by atoms with Gasteiger partial charge in [0, 0.05) is 32.6 Å². The number of carbonyl (C=O) groups excluding carboxylic acids is 1. The number of halogens is 1. The van der Waals surface area contributed by atoms with Gasteiger partial charge in [-0.1, -0.05) is 12.1 Å². The maximum absolute atomic E-state index is 13.4. The summed E-state index contributed by atoms with van der Waals surface area (Å²) in [5.74, 6) is 0.284. The minimum Gasteiger partial charge on any atom is -0.466 e. The van der Waals surface area contributed by atoms with Gasteiger partial charge in [-0.05, 0) is 38.0 Å². The third kappa shape index (κ3) is 8.37. The van der Waals surface area contributed by atoms with Gasteiger partial charge >= 0.3 is 5.97 Å². The number of ether oxygens (including phenoxy) is 2. The van der Waals surface area contributed by atoms with Crippen LogP contribution in [0.15, 0.2) is 29.3 Å². The van der Waals surface area contributed by atoms with Gasteiger partial charge in [-0.15, -0.1) is 0 Å². The SMILES string of the molecule is CCNC(=NCC(c1ccc(F)cc1)N1CCOCC1)NCCCC(=O)OCC. The largest absolute Gasteiger partial charge is 0.466 e. The van der Waals surface area contributed by atoms with Crippen molar-refractivity contribution in [2.75, 3.05) is 52.5 Å². The maximum Gasteiger partial charge on any atom is 0.305 e. The van der Waals surface area contributed by atoms with Crippen LogP contribution < -0.4 is 10.6 Å². The van der Waals surface area contributed by atoms with Crippen LogP contribution in [-0.2, 0) is 14.3 Å². The van der Waals surface area contributed by atoms with Gasteiger partial charge in [-0.2, -0.15) is 0 Å². The number of aliphatic imine (C=N–C) groups is 1. The van der Waals surface area contributed by atoms with Crippen LogP contribution in [-0.4, -0.2) is 69.4 Å². The zero-order chi connectivity index (χ0) is 20.9. The highest BCUT2D eigenvalue weighted by Crippen LogP contribution is 2.22. The first-order chi connectivity index (χ1) is 14.1. The molecular weight excluding hydrogens is 375 g/mol. The lowest BCUT2D eigenvalue weighted by atomic mass is 10.0. The molecule has 1 aromatic carbocycles. The Hall–Kier alpha value is -2.19. The van der Waals surface area contributed by atoms with Crippen LogP contribution in [0.5, 0.6) is 0 Å². The number of nitrogens with one attached hydrogen (secondary N) is 2. The quantitative estimate of drug-likeness (QED) is 0.267. The minimum absolute atomic E-state index is 0.0505. The molecule has 1 unspecified atom stereocenters. The molecule has 162 valence electrons. The summed E-state index contributed by atoms with van der Waals surface area (Å²) < 4.78 is 23.8. The van der Waals surface area contributed by atoms with E-state index in [9.17, 15) is 9.18 Å². The molecule has 0 saturated carbocycles. The Morgan fingerprint density at radius 3 is 2.62 bits per heavy atom. The fraction of sp³-hybridized carbons (Fsp3) is 0.619. The fourth-order valence-corrected chi connectivity index (χ4v) is 3.20. The molecule has 0 aromatic heterocycles. The molecule has 1 aliphatic rings. The van der Waals surface area contributed by atoms with Crippen LogP contribution in [0.3, 0.4) is 0 Å². The molecular formula is C21H33FN4O3. The number of esters is 1. The van der Waals surface area contributed by atoms with Gasteiger partial charge in [-0.3, -0.25) is 14.7 Å². The molecule has 1 atom stereocenters. The number of rotatable bonds is 10.